The van der Waals surface area contributed by atoms with Gasteiger partial charge in [-0.25, -0.2) is 8.42 Å². The Labute approximate surface area is 199 Å². The number of nitrogens with zero attached hydrogens (tertiary/aromatic N) is 1. The number of fused-ring (bicyclic) bond motifs is 1. The predicted octanol–water partition coefficient (Wildman–Crippen LogP) is 3.54. The lowest BCUT2D eigenvalue weighted by molar-refractivity contribution is -0.128. The number of ether oxygens (including phenoxy) is 3. The van der Waals surface area contributed by atoms with Crippen molar-refractivity contribution in [1.82, 2.24) is 5.32 Å². The van der Waals surface area contributed by atoms with Gasteiger partial charge < -0.3 is 19.5 Å². The minimum absolute atomic E-state index is 0.139. The summed E-state index contributed by atoms with van der Waals surface area (Å²) in [7, 11) is -0.797. The van der Waals surface area contributed by atoms with E-state index in [4.69, 9.17) is 14.2 Å². The molecular formula is C25H26N2O6S. The molecule has 0 bridgehead atoms. The largest absolute Gasteiger partial charge is 0.497 e. The Balaban J connectivity index is 1.61. The van der Waals surface area contributed by atoms with E-state index in [2.05, 4.69) is 5.32 Å². The second-order valence-electron chi connectivity index (χ2n) is 7.76. The van der Waals surface area contributed by atoms with Crippen LogP contribution < -0.4 is 23.8 Å². The van der Waals surface area contributed by atoms with Gasteiger partial charge in [-0.1, -0.05) is 30.3 Å². The average Bonchev–Trinajstić information content (AvgIpc) is 2.87. The molecule has 0 aliphatic carbocycles. The van der Waals surface area contributed by atoms with Crippen LogP contribution in [0.4, 0.5) is 5.69 Å². The molecule has 9 heteroatoms. The van der Waals surface area contributed by atoms with E-state index in [1.165, 1.54) is 16.4 Å². The Kier molecular flexibility index (Phi) is 6.65. The van der Waals surface area contributed by atoms with Crippen LogP contribution in [0.15, 0.2) is 77.7 Å². The third-order valence-electron chi connectivity index (χ3n) is 5.62. The minimum Gasteiger partial charge on any atom is -0.497 e. The molecule has 0 fully saturated rings. The Morgan fingerprint density at radius 1 is 1.03 bits per heavy atom. The Morgan fingerprint density at radius 3 is 2.44 bits per heavy atom. The van der Waals surface area contributed by atoms with Gasteiger partial charge >= 0.3 is 0 Å². The Hall–Kier alpha value is -3.72. The highest BCUT2D eigenvalue weighted by Gasteiger charge is 2.37. The third kappa shape index (κ3) is 4.51. The highest BCUT2D eigenvalue weighted by atomic mass is 32.2. The molecule has 1 heterocycles. The lowest BCUT2D eigenvalue weighted by atomic mass is 10.1. The fraction of sp³-hybridized carbons (Fsp3) is 0.240. The number of sulfonamides is 1. The molecule has 8 nitrogen and oxygen atoms in total. The number of hydrogen-bond acceptors (Lipinski definition) is 6. The van der Waals surface area contributed by atoms with E-state index in [9.17, 15) is 13.2 Å². The first kappa shape index (κ1) is 23.4. The topological polar surface area (TPSA) is 94.2 Å². The van der Waals surface area contributed by atoms with Gasteiger partial charge in [-0.3, -0.25) is 9.10 Å². The molecule has 0 saturated carbocycles. The molecule has 178 valence electrons. The van der Waals surface area contributed by atoms with Gasteiger partial charge in [0, 0.05) is 5.56 Å². The summed E-state index contributed by atoms with van der Waals surface area (Å²) in [4.78, 5) is 13.4. The second-order valence-corrected chi connectivity index (χ2v) is 9.62. The van der Waals surface area contributed by atoms with Crippen molar-refractivity contribution in [1.29, 1.82) is 0 Å². The lowest BCUT2D eigenvalue weighted by Gasteiger charge is -2.35. The van der Waals surface area contributed by atoms with Crippen molar-refractivity contribution >= 4 is 21.6 Å². The molecule has 1 aliphatic heterocycles. The number of para-hydroxylation sites is 2. The minimum atomic E-state index is -3.91. The fourth-order valence-corrected chi connectivity index (χ4v) is 5.34. The summed E-state index contributed by atoms with van der Waals surface area (Å²) >= 11 is 0. The molecule has 0 aromatic heterocycles. The summed E-state index contributed by atoms with van der Waals surface area (Å²) in [6.07, 6.45) is -1.05. The molecular weight excluding hydrogens is 456 g/mol. The molecule has 34 heavy (non-hydrogen) atoms. The van der Waals surface area contributed by atoms with E-state index in [0.29, 0.717) is 22.9 Å². The van der Waals surface area contributed by atoms with Crippen molar-refractivity contribution in [2.75, 3.05) is 25.1 Å². The third-order valence-corrected chi connectivity index (χ3v) is 7.41. The number of benzene rings is 3. The first-order valence-electron chi connectivity index (χ1n) is 10.7. The molecule has 1 amide bonds. The SMILES string of the molecule is COc1ccc(OC)c([C@@H](C)NC(=O)[C@H]2CN(S(=O)(=O)c3ccccc3)c3ccccc3O2)c1. The quantitative estimate of drug-likeness (QED) is 0.554. The number of rotatable bonds is 7. The van der Waals surface area contributed by atoms with Crippen LogP contribution in [0.5, 0.6) is 17.2 Å². The number of hydrogen-bond donors (Lipinski definition) is 1. The zero-order valence-electron chi connectivity index (χ0n) is 19.1. The maximum atomic E-state index is 13.4. The lowest BCUT2D eigenvalue weighted by Crippen LogP contribution is -2.51. The number of methoxy groups -OCH3 is 2. The molecule has 3 aromatic rings. The van der Waals surface area contributed by atoms with Gasteiger partial charge in [0.05, 0.1) is 37.4 Å². The molecule has 0 saturated heterocycles. The van der Waals surface area contributed by atoms with Crippen molar-refractivity contribution in [2.45, 2.75) is 24.0 Å². The summed E-state index contributed by atoms with van der Waals surface area (Å²) in [5, 5.41) is 2.91. The summed E-state index contributed by atoms with van der Waals surface area (Å²) in [5.41, 5.74) is 1.11. The van der Waals surface area contributed by atoms with E-state index >= 15 is 0 Å². The van der Waals surface area contributed by atoms with Crippen molar-refractivity contribution in [3.05, 3.63) is 78.4 Å². The normalized spacial score (nSPS) is 16.1. The summed E-state index contributed by atoms with van der Waals surface area (Å²) in [6, 6.07) is 19.8. The van der Waals surface area contributed by atoms with Crippen molar-refractivity contribution < 1.29 is 27.4 Å². The van der Waals surface area contributed by atoms with Crippen LogP contribution in [0.1, 0.15) is 18.5 Å². The van der Waals surface area contributed by atoms with Gasteiger partial charge in [0.1, 0.15) is 17.2 Å². The zero-order chi connectivity index (χ0) is 24.3. The number of nitrogens with one attached hydrogen (secondary N) is 1. The highest BCUT2D eigenvalue weighted by molar-refractivity contribution is 7.92. The van der Waals surface area contributed by atoms with E-state index in [1.54, 1.807) is 74.9 Å². The van der Waals surface area contributed by atoms with Gasteiger partial charge in [-0.05, 0) is 49.4 Å². The van der Waals surface area contributed by atoms with Crippen LogP contribution in [0, 0.1) is 0 Å². The van der Waals surface area contributed by atoms with Gasteiger partial charge in [-0.2, -0.15) is 0 Å². The zero-order valence-corrected chi connectivity index (χ0v) is 19.9. The number of amides is 1. The first-order valence-corrected chi connectivity index (χ1v) is 12.1. The standard InChI is InChI=1S/C25H26N2O6S/c1-17(20-15-18(31-2)13-14-22(20)32-3)26-25(28)24-16-27(21-11-7-8-12-23(21)33-24)34(29,30)19-9-5-4-6-10-19/h4-15,17,24H,16H2,1-3H3,(H,26,28)/t17-,24-/m1/s1. The van der Waals surface area contributed by atoms with Crippen LogP contribution >= 0.6 is 0 Å². The van der Waals surface area contributed by atoms with E-state index in [-0.39, 0.29) is 11.4 Å². The molecule has 0 radical (unpaired) electrons. The van der Waals surface area contributed by atoms with Gasteiger partial charge in [0.25, 0.3) is 15.9 Å². The van der Waals surface area contributed by atoms with Crippen LogP contribution in [-0.4, -0.2) is 41.2 Å². The van der Waals surface area contributed by atoms with Gasteiger partial charge in [-0.15, -0.1) is 0 Å². The molecule has 0 spiro atoms. The van der Waals surface area contributed by atoms with Crippen LogP contribution in [0.2, 0.25) is 0 Å². The number of carbonyl (C=O) groups is 1. The monoisotopic (exact) mass is 482 g/mol. The molecule has 3 aromatic carbocycles. The van der Waals surface area contributed by atoms with Gasteiger partial charge in [0.15, 0.2) is 6.10 Å². The predicted molar refractivity (Wildman–Crippen MR) is 128 cm³/mol. The Bertz CT molecular complexity index is 1280. The van der Waals surface area contributed by atoms with Crippen LogP contribution in [0.25, 0.3) is 0 Å². The van der Waals surface area contributed by atoms with Crippen molar-refractivity contribution in [3.8, 4) is 17.2 Å². The molecule has 1 N–H and O–H groups in total. The fourth-order valence-electron chi connectivity index (χ4n) is 3.85. The second kappa shape index (κ2) is 9.64. The van der Waals surface area contributed by atoms with Crippen LogP contribution in [-0.2, 0) is 14.8 Å². The molecule has 2 atom stereocenters. The smallest absolute Gasteiger partial charge is 0.264 e. The number of carbonyl (C=O) groups excluding carboxylic acids is 1. The van der Waals surface area contributed by atoms with E-state index < -0.39 is 28.1 Å². The average molecular weight is 483 g/mol. The maximum Gasteiger partial charge on any atom is 0.264 e. The summed E-state index contributed by atoms with van der Waals surface area (Å²) in [5.74, 6) is 1.09. The molecule has 1 aliphatic rings. The van der Waals surface area contributed by atoms with Crippen molar-refractivity contribution in [3.63, 3.8) is 0 Å². The first-order chi connectivity index (χ1) is 16.3. The molecule has 0 unspecified atom stereocenters. The summed E-state index contributed by atoms with van der Waals surface area (Å²) in [6.45, 7) is 1.65. The van der Waals surface area contributed by atoms with E-state index in [1.807, 2.05) is 6.92 Å². The summed E-state index contributed by atoms with van der Waals surface area (Å²) < 4.78 is 44.7. The van der Waals surface area contributed by atoms with Crippen LogP contribution in [0.3, 0.4) is 0 Å². The maximum absolute atomic E-state index is 13.4. The Morgan fingerprint density at radius 2 is 1.74 bits per heavy atom. The van der Waals surface area contributed by atoms with E-state index in [0.717, 1.165) is 5.56 Å². The van der Waals surface area contributed by atoms with Gasteiger partial charge in [0.2, 0.25) is 0 Å². The molecule has 4 rings (SSSR count). The highest BCUT2D eigenvalue weighted by Crippen LogP contribution is 2.37. The number of anilines is 1. The van der Waals surface area contributed by atoms with Crippen molar-refractivity contribution in [2.24, 2.45) is 0 Å².